The van der Waals surface area contributed by atoms with E-state index in [0.29, 0.717) is 6.61 Å². The lowest BCUT2D eigenvalue weighted by Crippen LogP contribution is -1.95. The number of hydrogen-bond donors (Lipinski definition) is 0. The number of ether oxygens (including phenoxy) is 1. The van der Waals surface area contributed by atoms with Gasteiger partial charge in [0.25, 0.3) is 0 Å². The minimum absolute atomic E-state index is 0.597. The molecule has 1 heteroatoms. The average molecular weight is 302 g/mol. The fraction of sp³-hybridized carbons (Fsp3) is 0.182. The topological polar surface area (TPSA) is 9.23 Å². The van der Waals surface area contributed by atoms with E-state index in [4.69, 9.17) is 4.74 Å². The maximum atomic E-state index is 5.85. The van der Waals surface area contributed by atoms with Gasteiger partial charge in [-0.15, -0.1) is 0 Å². The Morgan fingerprint density at radius 2 is 1.17 bits per heavy atom. The van der Waals surface area contributed by atoms with Crippen LogP contribution < -0.4 is 4.74 Å². The Morgan fingerprint density at radius 1 is 0.652 bits per heavy atom. The zero-order valence-corrected chi connectivity index (χ0v) is 13.8. The van der Waals surface area contributed by atoms with Crippen molar-refractivity contribution < 1.29 is 4.74 Å². The molecule has 0 radical (unpaired) electrons. The van der Waals surface area contributed by atoms with Gasteiger partial charge in [-0.1, -0.05) is 73.2 Å². The van der Waals surface area contributed by atoms with Crippen molar-refractivity contribution in [1.82, 2.24) is 0 Å². The lowest BCUT2D eigenvalue weighted by atomic mass is 10.0. The molecular weight excluding hydrogens is 280 g/mol. The molecule has 0 aromatic heterocycles. The summed E-state index contributed by atoms with van der Waals surface area (Å²) in [5.41, 5.74) is 6.28. The van der Waals surface area contributed by atoms with E-state index in [1.165, 1.54) is 27.8 Å². The normalized spacial score (nSPS) is 10.5. The third kappa shape index (κ3) is 4.01. The summed E-state index contributed by atoms with van der Waals surface area (Å²) in [5, 5.41) is 0. The molecule has 1 nitrogen and oxygen atoms in total. The molecule has 0 saturated carbocycles. The second kappa shape index (κ2) is 7.15. The van der Waals surface area contributed by atoms with Crippen LogP contribution in [0.4, 0.5) is 0 Å². The smallest absolute Gasteiger partial charge is 0.119 e. The van der Waals surface area contributed by atoms with Crippen molar-refractivity contribution in [3.8, 4) is 16.9 Å². The molecule has 23 heavy (non-hydrogen) atoms. The minimum atomic E-state index is 0.597. The molecule has 0 spiro atoms. The third-order valence-electron chi connectivity index (χ3n) is 4.08. The number of benzene rings is 3. The molecule has 3 rings (SSSR count). The predicted octanol–water partition coefficient (Wildman–Crippen LogP) is 5.80. The maximum absolute atomic E-state index is 5.85. The summed E-state index contributed by atoms with van der Waals surface area (Å²) in [7, 11) is 0. The molecule has 0 saturated heterocycles. The fourth-order valence-corrected chi connectivity index (χ4v) is 2.53. The monoisotopic (exact) mass is 302 g/mol. The van der Waals surface area contributed by atoms with E-state index >= 15 is 0 Å². The third-order valence-corrected chi connectivity index (χ3v) is 4.08. The van der Waals surface area contributed by atoms with Gasteiger partial charge in [0.2, 0.25) is 0 Å². The summed E-state index contributed by atoms with van der Waals surface area (Å²) in [4.78, 5) is 0. The Balaban J connectivity index is 1.64. The van der Waals surface area contributed by atoms with Crippen LogP contribution in [-0.2, 0) is 13.0 Å². The molecule has 116 valence electrons. The number of rotatable bonds is 5. The van der Waals surface area contributed by atoms with Crippen LogP contribution in [0, 0.1) is 6.92 Å². The molecule has 0 atom stereocenters. The average Bonchev–Trinajstić information content (AvgIpc) is 2.61. The van der Waals surface area contributed by atoms with Crippen LogP contribution in [0.3, 0.4) is 0 Å². The Hall–Kier alpha value is -2.54. The molecule has 0 N–H and O–H groups in total. The van der Waals surface area contributed by atoms with E-state index in [0.717, 1.165) is 12.2 Å². The largest absolute Gasteiger partial charge is 0.489 e. The molecule has 0 bridgehead atoms. The van der Waals surface area contributed by atoms with E-state index < -0.39 is 0 Å². The highest BCUT2D eigenvalue weighted by Crippen LogP contribution is 2.21. The molecule has 0 heterocycles. The van der Waals surface area contributed by atoms with Gasteiger partial charge in [-0.05, 0) is 47.7 Å². The molecule has 0 aliphatic carbocycles. The van der Waals surface area contributed by atoms with Crippen molar-refractivity contribution >= 4 is 0 Å². The first kappa shape index (κ1) is 15.4. The van der Waals surface area contributed by atoms with Crippen LogP contribution in [0.2, 0.25) is 0 Å². The summed E-state index contributed by atoms with van der Waals surface area (Å²) in [6.07, 6.45) is 1.06. The number of aryl methyl sites for hydroxylation is 2. The number of hydrogen-bond acceptors (Lipinski definition) is 1. The highest BCUT2D eigenvalue weighted by atomic mass is 16.5. The highest BCUT2D eigenvalue weighted by molar-refractivity contribution is 5.63. The van der Waals surface area contributed by atoms with Crippen LogP contribution >= 0.6 is 0 Å². The van der Waals surface area contributed by atoms with E-state index in [9.17, 15) is 0 Å². The Kier molecular flexibility index (Phi) is 4.77. The summed E-state index contributed by atoms with van der Waals surface area (Å²) >= 11 is 0. The molecule has 0 fully saturated rings. The quantitative estimate of drug-likeness (QED) is 0.578. The van der Waals surface area contributed by atoms with Gasteiger partial charge in [-0.2, -0.15) is 0 Å². The summed E-state index contributed by atoms with van der Waals surface area (Å²) in [6, 6.07) is 25.5. The van der Waals surface area contributed by atoms with Gasteiger partial charge < -0.3 is 4.74 Å². The van der Waals surface area contributed by atoms with Gasteiger partial charge in [0.1, 0.15) is 12.4 Å². The van der Waals surface area contributed by atoms with E-state index in [1.807, 2.05) is 12.1 Å². The zero-order valence-electron chi connectivity index (χ0n) is 13.8. The first-order valence-electron chi connectivity index (χ1n) is 8.12. The van der Waals surface area contributed by atoms with Crippen LogP contribution in [0.5, 0.6) is 5.75 Å². The molecular formula is C22H22O. The molecule has 3 aromatic carbocycles. The van der Waals surface area contributed by atoms with Crippen molar-refractivity contribution in [3.63, 3.8) is 0 Å². The van der Waals surface area contributed by atoms with E-state index in [-0.39, 0.29) is 0 Å². The predicted molar refractivity (Wildman–Crippen MR) is 96.8 cm³/mol. The van der Waals surface area contributed by atoms with Gasteiger partial charge in [0, 0.05) is 0 Å². The van der Waals surface area contributed by atoms with E-state index in [2.05, 4.69) is 74.5 Å². The molecule has 0 aliphatic heterocycles. The van der Waals surface area contributed by atoms with Crippen LogP contribution in [0.25, 0.3) is 11.1 Å². The summed E-state index contributed by atoms with van der Waals surface area (Å²) in [5.74, 6) is 0.921. The van der Waals surface area contributed by atoms with Gasteiger partial charge in [0.05, 0.1) is 0 Å². The fourth-order valence-electron chi connectivity index (χ4n) is 2.53. The Morgan fingerprint density at radius 3 is 1.74 bits per heavy atom. The van der Waals surface area contributed by atoms with Crippen molar-refractivity contribution in [1.29, 1.82) is 0 Å². The minimum Gasteiger partial charge on any atom is -0.489 e. The second-order valence-electron chi connectivity index (χ2n) is 5.85. The van der Waals surface area contributed by atoms with Crippen LogP contribution in [0.15, 0.2) is 72.8 Å². The summed E-state index contributed by atoms with van der Waals surface area (Å²) in [6.45, 7) is 4.86. The Bertz CT molecular complexity index is 737. The zero-order chi connectivity index (χ0) is 16.1. The van der Waals surface area contributed by atoms with Gasteiger partial charge >= 0.3 is 0 Å². The molecule has 0 unspecified atom stereocenters. The highest BCUT2D eigenvalue weighted by Gasteiger charge is 2.00. The first-order valence-corrected chi connectivity index (χ1v) is 8.12. The van der Waals surface area contributed by atoms with Gasteiger partial charge in [-0.25, -0.2) is 0 Å². The molecule has 0 amide bonds. The second-order valence-corrected chi connectivity index (χ2v) is 5.85. The standard InChI is InChI=1S/C22H22O/c1-3-18-8-14-22(15-9-18)23-16-19-6-12-21(13-7-19)20-10-4-17(2)5-11-20/h4-15H,3,16H2,1-2H3. The SMILES string of the molecule is CCc1ccc(OCc2ccc(-c3ccc(C)cc3)cc2)cc1. The molecule has 0 aliphatic rings. The van der Waals surface area contributed by atoms with Gasteiger partial charge in [-0.3, -0.25) is 0 Å². The van der Waals surface area contributed by atoms with Crippen molar-refractivity contribution in [2.75, 3.05) is 0 Å². The van der Waals surface area contributed by atoms with E-state index in [1.54, 1.807) is 0 Å². The first-order chi connectivity index (χ1) is 11.2. The lowest BCUT2D eigenvalue weighted by molar-refractivity contribution is 0.306. The van der Waals surface area contributed by atoms with Crippen LogP contribution in [0.1, 0.15) is 23.6 Å². The lowest BCUT2D eigenvalue weighted by Gasteiger charge is -2.08. The van der Waals surface area contributed by atoms with Crippen molar-refractivity contribution in [2.24, 2.45) is 0 Å². The maximum Gasteiger partial charge on any atom is 0.119 e. The summed E-state index contributed by atoms with van der Waals surface area (Å²) < 4.78 is 5.85. The van der Waals surface area contributed by atoms with Gasteiger partial charge in [0.15, 0.2) is 0 Å². The van der Waals surface area contributed by atoms with Crippen LogP contribution in [-0.4, -0.2) is 0 Å². The Labute approximate surface area is 138 Å². The van der Waals surface area contributed by atoms with Crippen molar-refractivity contribution in [2.45, 2.75) is 26.9 Å². The van der Waals surface area contributed by atoms with Crippen molar-refractivity contribution in [3.05, 3.63) is 89.5 Å². The molecule has 3 aromatic rings.